The first kappa shape index (κ1) is 13.7. The molecule has 7 heteroatoms. The highest BCUT2D eigenvalue weighted by atomic mass is 16.5. The van der Waals surface area contributed by atoms with Crippen molar-refractivity contribution in [2.24, 2.45) is 5.92 Å². The standard InChI is InChI=1S/C14H17N5O2/c1-4-21-14(20)12-6-11(12)10-5-13(17-15-7-10)19-9(3)16-8(2)18-19/h5,7,11-12H,4,6H2,1-3H3/t11-,12+/m1/s1. The van der Waals surface area contributed by atoms with Crippen LogP contribution in [0.5, 0.6) is 0 Å². The van der Waals surface area contributed by atoms with Crippen molar-refractivity contribution in [3.8, 4) is 5.82 Å². The fourth-order valence-corrected chi connectivity index (χ4v) is 2.49. The molecule has 0 saturated heterocycles. The summed E-state index contributed by atoms with van der Waals surface area (Å²) in [5.41, 5.74) is 0.991. The van der Waals surface area contributed by atoms with Crippen molar-refractivity contribution in [2.45, 2.75) is 33.1 Å². The Morgan fingerprint density at radius 3 is 2.95 bits per heavy atom. The molecule has 0 bridgehead atoms. The highest BCUT2D eigenvalue weighted by Gasteiger charge is 2.45. The Morgan fingerprint density at radius 1 is 1.48 bits per heavy atom. The van der Waals surface area contributed by atoms with Crippen molar-refractivity contribution in [1.82, 2.24) is 25.0 Å². The maximum atomic E-state index is 11.7. The number of ether oxygens (including phenoxy) is 1. The summed E-state index contributed by atoms with van der Waals surface area (Å²) in [5.74, 6) is 2.06. The van der Waals surface area contributed by atoms with Crippen molar-refractivity contribution < 1.29 is 9.53 Å². The van der Waals surface area contributed by atoms with Crippen molar-refractivity contribution in [3.05, 3.63) is 29.5 Å². The van der Waals surface area contributed by atoms with Gasteiger partial charge in [-0.1, -0.05) is 0 Å². The molecule has 0 radical (unpaired) electrons. The van der Waals surface area contributed by atoms with Crippen LogP contribution < -0.4 is 0 Å². The van der Waals surface area contributed by atoms with E-state index in [-0.39, 0.29) is 17.8 Å². The molecule has 0 aliphatic heterocycles. The molecular formula is C14H17N5O2. The smallest absolute Gasteiger partial charge is 0.309 e. The molecule has 0 amide bonds. The van der Waals surface area contributed by atoms with Crippen LogP contribution >= 0.6 is 0 Å². The molecule has 3 rings (SSSR count). The highest BCUT2D eigenvalue weighted by molar-refractivity contribution is 5.77. The van der Waals surface area contributed by atoms with E-state index in [9.17, 15) is 4.79 Å². The number of hydrogen-bond acceptors (Lipinski definition) is 6. The van der Waals surface area contributed by atoms with Crippen LogP contribution in [0.25, 0.3) is 5.82 Å². The van der Waals surface area contributed by atoms with E-state index in [2.05, 4.69) is 20.3 Å². The van der Waals surface area contributed by atoms with Crippen LogP contribution in [-0.2, 0) is 9.53 Å². The fourth-order valence-electron chi connectivity index (χ4n) is 2.49. The van der Waals surface area contributed by atoms with E-state index >= 15 is 0 Å². The minimum atomic E-state index is -0.131. The lowest BCUT2D eigenvalue weighted by molar-refractivity contribution is -0.144. The molecule has 1 aliphatic carbocycles. The van der Waals surface area contributed by atoms with Crippen LogP contribution in [0.4, 0.5) is 0 Å². The first-order valence-corrected chi connectivity index (χ1v) is 7.00. The van der Waals surface area contributed by atoms with Crippen LogP contribution in [-0.4, -0.2) is 37.5 Å². The average molecular weight is 287 g/mol. The number of carbonyl (C=O) groups excluding carboxylic acids is 1. The predicted octanol–water partition coefficient (Wildman–Crippen LogP) is 1.34. The highest BCUT2D eigenvalue weighted by Crippen LogP contribution is 2.48. The molecule has 110 valence electrons. The summed E-state index contributed by atoms with van der Waals surface area (Å²) in [6, 6.07) is 1.91. The fraction of sp³-hybridized carbons (Fsp3) is 0.500. The second-order valence-corrected chi connectivity index (χ2v) is 5.17. The zero-order chi connectivity index (χ0) is 15.0. The third-order valence-corrected chi connectivity index (χ3v) is 3.56. The maximum absolute atomic E-state index is 11.7. The molecule has 21 heavy (non-hydrogen) atoms. The summed E-state index contributed by atoms with van der Waals surface area (Å²) in [6.45, 7) is 5.93. The van der Waals surface area contributed by atoms with Gasteiger partial charge in [-0.25, -0.2) is 4.98 Å². The van der Waals surface area contributed by atoms with Crippen molar-refractivity contribution in [1.29, 1.82) is 0 Å². The number of rotatable bonds is 4. The van der Waals surface area contributed by atoms with Crippen molar-refractivity contribution in [2.75, 3.05) is 6.61 Å². The van der Waals surface area contributed by atoms with E-state index in [0.717, 1.165) is 17.8 Å². The lowest BCUT2D eigenvalue weighted by atomic mass is 10.1. The zero-order valence-corrected chi connectivity index (χ0v) is 12.3. The third-order valence-electron chi connectivity index (χ3n) is 3.56. The maximum Gasteiger partial charge on any atom is 0.309 e. The second kappa shape index (κ2) is 5.23. The van der Waals surface area contributed by atoms with Crippen molar-refractivity contribution in [3.63, 3.8) is 0 Å². The Kier molecular flexibility index (Phi) is 3.40. The molecule has 0 N–H and O–H groups in total. The lowest BCUT2D eigenvalue weighted by Gasteiger charge is -2.04. The molecule has 0 aromatic carbocycles. The summed E-state index contributed by atoms with van der Waals surface area (Å²) < 4.78 is 6.71. The van der Waals surface area contributed by atoms with E-state index in [4.69, 9.17) is 4.74 Å². The van der Waals surface area contributed by atoms with Gasteiger partial charge in [0.05, 0.1) is 18.7 Å². The van der Waals surface area contributed by atoms with E-state index in [1.807, 2.05) is 26.8 Å². The average Bonchev–Trinajstić information content (AvgIpc) is 3.19. The molecule has 2 atom stereocenters. The molecule has 1 aliphatic rings. The van der Waals surface area contributed by atoms with Gasteiger partial charge in [-0.3, -0.25) is 4.79 Å². The van der Waals surface area contributed by atoms with Crippen LogP contribution in [0.1, 0.15) is 36.5 Å². The summed E-state index contributed by atoms with van der Waals surface area (Å²) in [4.78, 5) is 16.0. The van der Waals surface area contributed by atoms with Gasteiger partial charge >= 0.3 is 5.97 Å². The molecule has 0 unspecified atom stereocenters. The normalized spacial score (nSPS) is 20.3. The largest absolute Gasteiger partial charge is 0.466 e. The molecule has 2 aromatic rings. The van der Waals surface area contributed by atoms with Crippen molar-refractivity contribution >= 4 is 5.97 Å². The first-order valence-electron chi connectivity index (χ1n) is 7.00. The molecule has 1 fully saturated rings. The Hall–Kier alpha value is -2.31. The molecule has 0 spiro atoms. The summed E-state index contributed by atoms with van der Waals surface area (Å²) in [7, 11) is 0. The van der Waals surface area contributed by atoms with Gasteiger partial charge in [0.15, 0.2) is 5.82 Å². The van der Waals surface area contributed by atoms with E-state index < -0.39 is 0 Å². The number of aryl methyl sites for hydroxylation is 2. The minimum Gasteiger partial charge on any atom is -0.466 e. The van der Waals surface area contributed by atoms with Crippen LogP contribution in [0.15, 0.2) is 12.3 Å². The van der Waals surface area contributed by atoms with Crippen LogP contribution in [0, 0.1) is 19.8 Å². The zero-order valence-electron chi connectivity index (χ0n) is 12.3. The van der Waals surface area contributed by atoms with E-state index in [1.54, 1.807) is 10.9 Å². The van der Waals surface area contributed by atoms with E-state index in [1.165, 1.54) is 0 Å². The topological polar surface area (TPSA) is 82.8 Å². The Balaban J connectivity index is 1.82. The van der Waals surface area contributed by atoms with Gasteiger partial charge < -0.3 is 4.74 Å². The van der Waals surface area contributed by atoms with Gasteiger partial charge in [0.25, 0.3) is 0 Å². The summed E-state index contributed by atoms with van der Waals surface area (Å²) in [5, 5.41) is 12.4. The molecule has 1 saturated carbocycles. The van der Waals surface area contributed by atoms with Gasteiger partial charge in [-0.15, -0.1) is 10.2 Å². The Bertz CT molecular complexity index is 682. The van der Waals surface area contributed by atoms with Gasteiger partial charge in [0, 0.05) is 0 Å². The number of aromatic nitrogens is 5. The Morgan fingerprint density at radius 2 is 2.29 bits per heavy atom. The van der Waals surface area contributed by atoms with Gasteiger partial charge in [-0.05, 0) is 44.7 Å². The van der Waals surface area contributed by atoms with Gasteiger partial charge in [0.2, 0.25) is 0 Å². The van der Waals surface area contributed by atoms with Crippen LogP contribution in [0.2, 0.25) is 0 Å². The minimum absolute atomic E-state index is 0.0550. The van der Waals surface area contributed by atoms with Crippen LogP contribution in [0.3, 0.4) is 0 Å². The second-order valence-electron chi connectivity index (χ2n) is 5.17. The molecule has 2 aromatic heterocycles. The summed E-state index contributed by atoms with van der Waals surface area (Å²) in [6.07, 6.45) is 2.51. The van der Waals surface area contributed by atoms with Gasteiger partial charge in [-0.2, -0.15) is 9.78 Å². The predicted molar refractivity (Wildman–Crippen MR) is 73.9 cm³/mol. The SMILES string of the molecule is CCOC(=O)[C@H]1C[C@@H]1c1cnnc(-n2nc(C)nc2C)c1. The number of hydrogen-bond donors (Lipinski definition) is 0. The number of nitrogens with zero attached hydrogens (tertiary/aromatic N) is 5. The molecular weight excluding hydrogens is 270 g/mol. The number of carbonyl (C=O) groups is 1. The monoisotopic (exact) mass is 287 g/mol. The molecule has 7 nitrogen and oxygen atoms in total. The first-order chi connectivity index (χ1) is 10.1. The van der Waals surface area contributed by atoms with Gasteiger partial charge in [0.1, 0.15) is 11.6 Å². The quantitative estimate of drug-likeness (QED) is 0.789. The summed E-state index contributed by atoms with van der Waals surface area (Å²) >= 11 is 0. The third kappa shape index (κ3) is 2.63. The number of esters is 1. The Labute approximate surface area is 122 Å². The molecule has 2 heterocycles. The van der Waals surface area contributed by atoms with E-state index in [0.29, 0.717) is 18.2 Å². The lowest BCUT2D eigenvalue weighted by Crippen LogP contribution is -2.08.